The normalized spacial score (nSPS) is 10.7. The second-order valence-corrected chi connectivity index (χ2v) is 6.84. The van der Waals surface area contributed by atoms with Crippen LogP contribution in [0.4, 0.5) is 5.69 Å². The Hall–Kier alpha value is -3.79. The van der Waals surface area contributed by atoms with Gasteiger partial charge in [0.15, 0.2) is 5.16 Å². The lowest BCUT2D eigenvalue weighted by Crippen LogP contribution is -2.19. The Bertz CT molecular complexity index is 1010. The van der Waals surface area contributed by atoms with E-state index in [9.17, 15) is 14.9 Å². The third-order valence-electron chi connectivity index (χ3n) is 3.71. The molecule has 2 aromatic carbocycles. The van der Waals surface area contributed by atoms with Crippen LogP contribution < -0.4 is 10.2 Å². The van der Waals surface area contributed by atoms with Crippen LogP contribution in [0.15, 0.2) is 77.2 Å². The van der Waals surface area contributed by atoms with Gasteiger partial charge in [0.2, 0.25) is 0 Å². The molecule has 0 atom stereocenters. The van der Waals surface area contributed by atoms with Crippen LogP contribution in [0.25, 0.3) is 0 Å². The molecule has 0 saturated heterocycles. The molecular weight excluding hydrogens is 406 g/mol. The average Bonchev–Trinajstić information content (AvgIpc) is 2.78. The molecule has 0 spiro atoms. The molecule has 1 aromatic heterocycles. The Morgan fingerprint density at radius 3 is 2.50 bits per heavy atom. The van der Waals surface area contributed by atoms with Crippen molar-refractivity contribution < 1.29 is 14.5 Å². The zero-order valence-electron chi connectivity index (χ0n) is 15.7. The first-order chi connectivity index (χ1) is 14.6. The van der Waals surface area contributed by atoms with Gasteiger partial charge in [-0.1, -0.05) is 11.8 Å². The van der Waals surface area contributed by atoms with E-state index in [1.54, 1.807) is 54.9 Å². The molecule has 3 rings (SSSR count). The second-order valence-electron chi connectivity index (χ2n) is 5.89. The van der Waals surface area contributed by atoms with Gasteiger partial charge in [-0.05, 0) is 53.6 Å². The molecule has 10 heteroatoms. The van der Waals surface area contributed by atoms with E-state index in [0.717, 1.165) is 11.1 Å². The van der Waals surface area contributed by atoms with Gasteiger partial charge in [0.1, 0.15) is 12.4 Å². The number of carbonyl (C=O) groups excluding carboxylic acids is 1. The number of aromatic nitrogens is 2. The maximum absolute atomic E-state index is 11.8. The van der Waals surface area contributed by atoms with Crippen LogP contribution in [0.3, 0.4) is 0 Å². The van der Waals surface area contributed by atoms with Crippen molar-refractivity contribution in [2.24, 2.45) is 5.10 Å². The van der Waals surface area contributed by atoms with E-state index >= 15 is 0 Å². The van der Waals surface area contributed by atoms with Gasteiger partial charge in [-0.3, -0.25) is 14.9 Å². The van der Waals surface area contributed by atoms with E-state index < -0.39 is 4.92 Å². The summed E-state index contributed by atoms with van der Waals surface area (Å²) >= 11 is 1.22. The summed E-state index contributed by atoms with van der Waals surface area (Å²) < 4.78 is 5.67. The van der Waals surface area contributed by atoms with Gasteiger partial charge in [-0.15, -0.1) is 0 Å². The van der Waals surface area contributed by atoms with Crippen molar-refractivity contribution in [3.8, 4) is 5.75 Å². The Labute approximate surface area is 176 Å². The van der Waals surface area contributed by atoms with Crippen molar-refractivity contribution in [3.63, 3.8) is 0 Å². The average molecular weight is 423 g/mol. The van der Waals surface area contributed by atoms with Crippen molar-refractivity contribution in [1.29, 1.82) is 0 Å². The topological polar surface area (TPSA) is 120 Å². The molecule has 0 radical (unpaired) electrons. The molecule has 0 fully saturated rings. The fourth-order valence-corrected chi connectivity index (χ4v) is 2.83. The first kappa shape index (κ1) is 20.9. The van der Waals surface area contributed by atoms with E-state index in [1.165, 1.54) is 30.1 Å². The molecule has 1 heterocycles. The third kappa shape index (κ3) is 6.67. The van der Waals surface area contributed by atoms with Crippen LogP contribution >= 0.6 is 11.8 Å². The minimum absolute atomic E-state index is 0.0430. The molecular formula is C20H17N5O4S. The largest absolute Gasteiger partial charge is 0.489 e. The van der Waals surface area contributed by atoms with Crippen LogP contribution in [0.5, 0.6) is 5.75 Å². The van der Waals surface area contributed by atoms with Crippen LogP contribution in [0.2, 0.25) is 0 Å². The Morgan fingerprint density at radius 1 is 1.13 bits per heavy atom. The number of amides is 1. The van der Waals surface area contributed by atoms with Gasteiger partial charge < -0.3 is 4.74 Å². The number of carbonyl (C=O) groups is 1. The SMILES string of the molecule is O=C(CSc1ncccn1)NN=Cc1ccc(OCc2ccc([N+](=O)[O-])cc2)cc1. The summed E-state index contributed by atoms with van der Waals surface area (Å²) in [6.45, 7) is 0.296. The minimum atomic E-state index is -0.441. The van der Waals surface area contributed by atoms with E-state index in [0.29, 0.717) is 17.5 Å². The quantitative estimate of drug-likeness (QED) is 0.184. The highest BCUT2D eigenvalue weighted by molar-refractivity contribution is 7.99. The highest BCUT2D eigenvalue weighted by Crippen LogP contribution is 2.16. The summed E-state index contributed by atoms with van der Waals surface area (Å²) in [6, 6.07) is 15.1. The Kier molecular flexibility index (Phi) is 7.45. The zero-order valence-corrected chi connectivity index (χ0v) is 16.5. The number of nitrogens with zero attached hydrogens (tertiary/aromatic N) is 4. The first-order valence-corrected chi connectivity index (χ1v) is 9.76. The summed E-state index contributed by atoms with van der Waals surface area (Å²) in [6.07, 6.45) is 4.76. The molecule has 152 valence electrons. The third-order valence-corrected chi connectivity index (χ3v) is 4.59. The number of hydrogen-bond acceptors (Lipinski definition) is 8. The predicted octanol–water partition coefficient (Wildman–Crippen LogP) is 3.21. The molecule has 1 N–H and O–H groups in total. The van der Waals surface area contributed by atoms with Crippen LogP contribution in [-0.2, 0) is 11.4 Å². The number of nitro groups is 1. The molecule has 0 aliphatic carbocycles. The summed E-state index contributed by atoms with van der Waals surface area (Å²) in [5, 5.41) is 15.1. The molecule has 1 amide bonds. The lowest BCUT2D eigenvalue weighted by atomic mass is 10.2. The standard InChI is InChI=1S/C20H17N5O4S/c26-19(14-30-20-21-10-1-11-22-20)24-23-12-15-4-8-18(9-5-15)29-13-16-2-6-17(7-3-16)25(27)28/h1-12H,13-14H2,(H,24,26). The highest BCUT2D eigenvalue weighted by atomic mass is 32.2. The van der Waals surface area contributed by atoms with Gasteiger partial charge in [0.05, 0.1) is 16.9 Å². The van der Waals surface area contributed by atoms with E-state index in [4.69, 9.17) is 4.74 Å². The summed E-state index contributed by atoms with van der Waals surface area (Å²) in [5.74, 6) is 0.553. The van der Waals surface area contributed by atoms with Crippen LogP contribution in [-0.4, -0.2) is 32.8 Å². The Morgan fingerprint density at radius 2 is 1.83 bits per heavy atom. The number of nitro benzene ring substituents is 1. The lowest BCUT2D eigenvalue weighted by Gasteiger charge is -2.06. The first-order valence-electron chi connectivity index (χ1n) is 8.78. The van der Waals surface area contributed by atoms with Gasteiger partial charge in [0, 0.05) is 24.5 Å². The lowest BCUT2D eigenvalue weighted by molar-refractivity contribution is -0.384. The second kappa shape index (κ2) is 10.7. The van der Waals surface area contributed by atoms with Gasteiger partial charge in [-0.25, -0.2) is 15.4 Å². The van der Waals surface area contributed by atoms with Gasteiger partial charge >= 0.3 is 0 Å². The number of non-ortho nitro benzene ring substituents is 1. The number of hydrazone groups is 1. The zero-order chi connectivity index (χ0) is 21.2. The monoisotopic (exact) mass is 423 g/mol. The number of ether oxygens (including phenoxy) is 1. The Balaban J connectivity index is 1.42. The molecule has 0 aliphatic heterocycles. The van der Waals surface area contributed by atoms with Gasteiger partial charge in [0.25, 0.3) is 11.6 Å². The number of thioether (sulfide) groups is 1. The summed E-state index contributed by atoms with van der Waals surface area (Å²) in [7, 11) is 0. The van der Waals surface area contributed by atoms with E-state index in [2.05, 4.69) is 20.5 Å². The smallest absolute Gasteiger partial charge is 0.269 e. The number of nitrogens with one attached hydrogen (secondary N) is 1. The maximum Gasteiger partial charge on any atom is 0.269 e. The predicted molar refractivity (Wildman–Crippen MR) is 112 cm³/mol. The van der Waals surface area contributed by atoms with Crippen molar-refractivity contribution in [3.05, 3.63) is 88.2 Å². The molecule has 0 aliphatic rings. The fourth-order valence-electron chi connectivity index (χ4n) is 2.23. The van der Waals surface area contributed by atoms with Crippen molar-refractivity contribution >= 4 is 29.6 Å². The fraction of sp³-hybridized carbons (Fsp3) is 0.100. The van der Waals surface area contributed by atoms with E-state index in [1.807, 2.05) is 0 Å². The molecule has 30 heavy (non-hydrogen) atoms. The number of hydrogen-bond donors (Lipinski definition) is 1. The minimum Gasteiger partial charge on any atom is -0.489 e. The van der Waals surface area contributed by atoms with Crippen molar-refractivity contribution in [2.75, 3.05) is 5.75 Å². The maximum atomic E-state index is 11.8. The molecule has 0 saturated carbocycles. The molecule has 3 aromatic rings. The van der Waals surface area contributed by atoms with Gasteiger partial charge in [-0.2, -0.15) is 5.10 Å². The van der Waals surface area contributed by atoms with Crippen LogP contribution in [0.1, 0.15) is 11.1 Å². The highest BCUT2D eigenvalue weighted by Gasteiger charge is 2.05. The summed E-state index contributed by atoms with van der Waals surface area (Å²) in [4.78, 5) is 30.1. The molecule has 9 nitrogen and oxygen atoms in total. The van der Waals surface area contributed by atoms with Crippen molar-refractivity contribution in [2.45, 2.75) is 11.8 Å². The molecule has 0 bridgehead atoms. The van der Waals surface area contributed by atoms with Crippen molar-refractivity contribution in [1.82, 2.24) is 15.4 Å². The summed E-state index contributed by atoms with van der Waals surface area (Å²) in [5.41, 5.74) is 4.11. The van der Waals surface area contributed by atoms with Crippen LogP contribution in [0, 0.1) is 10.1 Å². The number of rotatable bonds is 9. The molecule has 0 unspecified atom stereocenters. The van der Waals surface area contributed by atoms with E-state index in [-0.39, 0.29) is 17.3 Å². The number of benzene rings is 2.